The van der Waals surface area contributed by atoms with E-state index in [9.17, 15) is 5.11 Å². The van der Waals surface area contributed by atoms with Crippen molar-refractivity contribution in [1.82, 2.24) is 14.5 Å². The van der Waals surface area contributed by atoms with Crippen molar-refractivity contribution < 1.29 is 5.11 Å². The normalized spacial score (nSPS) is 28.3. The van der Waals surface area contributed by atoms with Crippen molar-refractivity contribution in [3.05, 3.63) is 17.0 Å². The quantitative estimate of drug-likeness (QED) is 0.842. The average Bonchev–Trinajstić information content (AvgIpc) is 2.54. The molecule has 0 saturated heterocycles. The molecule has 90 valence electrons. The minimum Gasteiger partial charge on any atom is -0.390 e. The molecule has 1 aliphatic carbocycles. The lowest BCUT2D eigenvalue weighted by molar-refractivity contribution is -0.0498. The van der Waals surface area contributed by atoms with Gasteiger partial charge in [-0.2, -0.15) is 0 Å². The molecule has 3 rings (SSSR count). The highest BCUT2D eigenvalue weighted by atomic mass is 79.9. The zero-order valence-corrected chi connectivity index (χ0v) is 11.0. The smallest absolute Gasteiger partial charge is 0.146 e. The maximum Gasteiger partial charge on any atom is 0.146 e. The van der Waals surface area contributed by atoms with Crippen LogP contribution in [0.3, 0.4) is 0 Å². The molecule has 0 spiro atoms. The molecule has 5 nitrogen and oxygen atoms in total. The van der Waals surface area contributed by atoms with Crippen molar-refractivity contribution in [2.75, 3.05) is 5.73 Å². The fourth-order valence-corrected chi connectivity index (χ4v) is 3.09. The van der Waals surface area contributed by atoms with E-state index in [0.29, 0.717) is 5.82 Å². The van der Waals surface area contributed by atoms with E-state index in [2.05, 4.69) is 30.5 Å². The summed E-state index contributed by atoms with van der Waals surface area (Å²) in [4.78, 5) is 8.26. The van der Waals surface area contributed by atoms with Gasteiger partial charge in [0.2, 0.25) is 0 Å². The van der Waals surface area contributed by atoms with Crippen LogP contribution in [0.25, 0.3) is 11.0 Å². The lowest BCUT2D eigenvalue weighted by atomic mass is 9.77. The zero-order valence-electron chi connectivity index (χ0n) is 9.39. The van der Waals surface area contributed by atoms with Gasteiger partial charge in [0.1, 0.15) is 17.8 Å². The van der Waals surface area contributed by atoms with Gasteiger partial charge in [0, 0.05) is 16.7 Å². The van der Waals surface area contributed by atoms with E-state index in [4.69, 9.17) is 5.73 Å². The second-order valence-corrected chi connectivity index (χ2v) is 5.76. The highest BCUT2D eigenvalue weighted by Gasteiger charge is 2.40. The summed E-state index contributed by atoms with van der Waals surface area (Å²) in [5.41, 5.74) is 6.11. The van der Waals surface area contributed by atoms with E-state index < -0.39 is 5.60 Å². The van der Waals surface area contributed by atoms with Crippen LogP contribution in [0.1, 0.15) is 25.8 Å². The van der Waals surface area contributed by atoms with Crippen molar-refractivity contribution >= 4 is 32.8 Å². The van der Waals surface area contributed by atoms with Gasteiger partial charge in [-0.3, -0.25) is 0 Å². The molecule has 17 heavy (non-hydrogen) atoms. The van der Waals surface area contributed by atoms with Crippen LogP contribution in [0.15, 0.2) is 17.0 Å². The molecule has 3 N–H and O–H groups in total. The van der Waals surface area contributed by atoms with Crippen LogP contribution in [0.5, 0.6) is 0 Å². The molecule has 1 saturated carbocycles. The van der Waals surface area contributed by atoms with Crippen LogP contribution in [0.4, 0.5) is 5.82 Å². The third kappa shape index (κ3) is 1.63. The lowest BCUT2D eigenvalue weighted by Gasteiger charge is -2.41. The maximum absolute atomic E-state index is 9.80. The molecule has 6 heteroatoms. The number of hydrogen-bond acceptors (Lipinski definition) is 4. The fraction of sp³-hybridized carbons (Fsp3) is 0.455. The molecule has 0 atom stereocenters. The summed E-state index contributed by atoms with van der Waals surface area (Å²) in [5, 5.41) is 10.6. The van der Waals surface area contributed by atoms with Gasteiger partial charge in [0.15, 0.2) is 0 Å². The summed E-state index contributed by atoms with van der Waals surface area (Å²) in [6.07, 6.45) is 4.92. The number of nitrogen functional groups attached to an aromatic ring is 1. The van der Waals surface area contributed by atoms with Gasteiger partial charge >= 0.3 is 0 Å². The van der Waals surface area contributed by atoms with Crippen LogP contribution in [0, 0.1) is 0 Å². The highest BCUT2D eigenvalue weighted by molar-refractivity contribution is 9.10. The topological polar surface area (TPSA) is 77.0 Å². The van der Waals surface area contributed by atoms with E-state index in [1.807, 2.05) is 13.1 Å². The number of fused-ring (bicyclic) bond motifs is 1. The van der Waals surface area contributed by atoms with Crippen LogP contribution < -0.4 is 5.73 Å². The number of aromatic nitrogens is 3. The van der Waals surface area contributed by atoms with E-state index in [-0.39, 0.29) is 6.04 Å². The predicted octanol–water partition coefficient (Wildman–Crippen LogP) is 1.86. The first kappa shape index (κ1) is 11.0. The number of anilines is 1. The standard InChI is InChI=1S/C11H13BrN4O/c1-11(17)2-6(3-11)16-4-7(12)8-9(13)14-5-15-10(8)16/h4-6,17H,2-3H2,1H3,(H2,13,14,15)/t6-,11+. The molecule has 2 heterocycles. The predicted molar refractivity (Wildman–Crippen MR) is 68.5 cm³/mol. The summed E-state index contributed by atoms with van der Waals surface area (Å²) in [6.45, 7) is 1.85. The Bertz CT molecular complexity index is 584. The lowest BCUT2D eigenvalue weighted by Crippen LogP contribution is -2.41. The molecule has 2 aromatic heterocycles. The maximum atomic E-state index is 9.80. The average molecular weight is 297 g/mol. The second kappa shape index (κ2) is 3.43. The number of hydrogen-bond donors (Lipinski definition) is 2. The molecule has 0 radical (unpaired) electrons. The summed E-state index contributed by atoms with van der Waals surface area (Å²) in [7, 11) is 0. The summed E-state index contributed by atoms with van der Waals surface area (Å²) < 4.78 is 2.97. The van der Waals surface area contributed by atoms with Crippen LogP contribution >= 0.6 is 15.9 Å². The number of nitrogens with zero attached hydrogens (tertiary/aromatic N) is 3. The van der Waals surface area contributed by atoms with Gasteiger partial charge in [0.05, 0.1) is 11.0 Å². The Hall–Kier alpha value is -1.14. The molecule has 1 fully saturated rings. The Morgan fingerprint density at radius 1 is 1.53 bits per heavy atom. The van der Waals surface area contributed by atoms with Gasteiger partial charge in [-0.1, -0.05) is 0 Å². The van der Waals surface area contributed by atoms with E-state index in [1.54, 1.807) is 0 Å². The molecule has 0 aromatic carbocycles. The van der Waals surface area contributed by atoms with E-state index in [1.165, 1.54) is 6.33 Å². The van der Waals surface area contributed by atoms with E-state index in [0.717, 1.165) is 28.3 Å². The Kier molecular flexibility index (Phi) is 2.21. The highest BCUT2D eigenvalue weighted by Crippen LogP contribution is 2.43. The molecule has 2 aromatic rings. The van der Waals surface area contributed by atoms with Crippen molar-refractivity contribution in [1.29, 1.82) is 0 Å². The van der Waals surface area contributed by atoms with Gasteiger partial charge in [-0.05, 0) is 35.7 Å². The fourth-order valence-electron chi connectivity index (χ4n) is 2.49. The van der Waals surface area contributed by atoms with Crippen molar-refractivity contribution in [2.24, 2.45) is 0 Å². The number of aliphatic hydroxyl groups is 1. The van der Waals surface area contributed by atoms with Crippen molar-refractivity contribution in [3.8, 4) is 0 Å². The second-order valence-electron chi connectivity index (χ2n) is 4.90. The van der Waals surface area contributed by atoms with Crippen LogP contribution in [-0.2, 0) is 0 Å². The van der Waals surface area contributed by atoms with E-state index >= 15 is 0 Å². The molecule has 0 aliphatic heterocycles. The third-order valence-corrected chi connectivity index (χ3v) is 3.94. The Morgan fingerprint density at radius 3 is 2.88 bits per heavy atom. The Labute approximate surface area is 107 Å². The SMILES string of the molecule is C[C@]1(O)C[C@@H](n2cc(Br)c3c(N)ncnc32)C1. The summed E-state index contributed by atoms with van der Waals surface area (Å²) in [6, 6.07) is 0.285. The summed E-state index contributed by atoms with van der Waals surface area (Å²) in [5.74, 6) is 0.478. The van der Waals surface area contributed by atoms with Crippen molar-refractivity contribution in [3.63, 3.8) is 0 Å². The summed E-state index contributed by atoms with van der Waals surface area (Å²) >= 11 is 3.48. The zero-order chi connectivity index (χ0) is 12.2. The van der Waals surface area contributed by atoms with Crippen LogP contribution in [-0.4, -0.2) is 25.2 Å². The number of nitrogens with two attached hydrogens (primary N) is 1. The van der Waals surface area contributed by atoms with Gasteiger partial charge in [-0.15, -0.1) is 0 Å². The Balaban J connectivity index is 2.10. The first-order chi connectivity index (χ1) is 7.98. The minimum absolute atomic E-state index is 0.285. The number of rotatable bonds is 1. The minimum atomic E-state index is -0.549. The molecule has 0 bridgehead atoms. The van der Waals surface area contributed by atoms with Gasteiger partial charge in [0.25, 0.3) is 0 Å². The first-order valence-corrected chi connectivity index (χ1v) is 6.26. The van der Waals surface area contributed by atoms with Crippen molar-refractivity contribution in [2.45, 2.75) is 31.4 Å². The van der Waals surface area contributed by atoms with Crippen LogP contribution in [0.2, 0.25) is 0 Å². The van der Waals surface area contributed by atoms with Gasteiger partial charge < -0.3 is 15.4 Å². The van der Waals surface area contributed by atoms with Gasteiger partial charge in [-0.25, -0.2) is 9.97 Å². The largest absolute Gasteiger partial charge is 0.390 e. The molecule has 1 aliphatic rings. The first-order valence-electron chi connectivity index (χ1n) is 5.47. The monoisotopic (exact) mass is 296 g/mol. The molecular weight excluding hydrogens is 284 g/mol. The third-order valence-electron chi connectivity index (χ3n) is 3.34. The molecule has 0 amide bonds. The molecular formula is C11H13BrN4O. The molecule has 0 unspecified atom stereocenters. The number of halogens is 1. The Morgan fingerprint density at radius 2 is 2.24 bits per heavy atom.